The number of amides is 1. The van der Waals surface area contributed by atoms with Crippen molar-refractivity contribution in [3.05, 3.63) is 29.8 Å². The first-order chi connectivity index (χ1) is 11.1. The fourth-order valence-corrected chi connectivity index (χ4v) is 5.42. The molecule has 2 aliphatic heterocycles. The van der Waals surface area contributed by atoms with E-state index in [1.807, 2.05) is 0 Å². The van der Waals surface area contributed by atoms with E-state index < -0.39 is 28.5 Å². The van der Waals surface area contributed by atoms with Gasteiger partial charge in [0.2, 0.25) is 5.91 Å². The van der Waals surface area contributed by atoms with Crippen molar-refractivity contribution in [2.75, 3.05) is 12.3 Å². The van der Waals surface area contributed by atoms with Gasteiger partial charge in [-0.05, 0) is 24.3 Å². The van der Waals surface area contributed by atoms with E-state index in [0.717, 1.165) is 23.9 Å². The second-order valence-electron chi connectivity index (χ2n) is 5.62. The minimum absolute atomic E-state index is 0.0157. The largest absolute Gasteiger partial charge is 0.480 e. The number of carboxylic acids is 1. The Morgan fingerprint density at radius 3 is 2.54 bits per heavy atom. The van der Waals surface area contributed by atoms with Crippen LogP contribution in [0.15, 0.2) is 29.2 Å². The summed E-state index contributed by atoms with van der Waals surface area (Å²) in [5.74, 6) is -1.19. The summed E-state index contributed by atoms with van der Waals surface area (Å²) in [4.78, 5) is 25.4. The molecule has 3 N–H and O–H groups in total. The average Bonchev–Trinajstić information content (AvgIpc) is 2.53. The Labute approximate surface area is 143 Å². The van der Waals surface area contributed by atoms with E-state index in [0.29, 0.717) is 4.90 Å². The van der Waals surface area contributed by atoms with Gasteiger partial charge in [-0.1, -0.05) is 0 Å². The summed E-state index contributed by atoms with van der Waals surface area (Å²) in [6, 6.07) is 3.72. The number of hydrogen-bond donors (Lipinski definition) is 2. The standard InChI is InChI=1S/C14H13F3N2O3S2/c15-14(16,17)7-1-3-8(4-2-7)24-13(12(21)22)5-19-10(20)9(18)11(19)23-6-13/h1-4,9,11H,5-6,18H2,(H,21,22)/t9-,11-,13?/m1/s1. The number of thioether (sulfide) groups is 2. The third kappa shape index (κ3) is 2.86. The summed E-state index contributed by atoms with van der Waals surface area (Å²) in [6.45, 7) is -0.0157. The first-order valence-electron chi connectivity index (χ1n) is 6.91. The molecule has 0 bridgehead atoms. The lowest BCUT2D eigenvalue weighted by Crippen LogP contribution is -2.73. The zero-order chi connectivity index (χ0) is 17.7. The van der Waals surface area contributed by atoms with Crippen LogP contribution in [0.5, 0.6) is 0 Å². The van der Waals surface area contributed by atoms with Crippen molar-refractivity contribution < 1.29 is 27.9 Å². The summed E-state index contributed by atoms with van der Waals surface area (Å²) in [7, 11) is 0. The maximum atomic E-state index is 12.6. The van der Waals surface area contributed by atoms with E-state index in [2.05, 4.69) is 0 Å². The highest BCUT2D eigenvalue weighted by Crippen LogP contribution is 2.46. The first kappa shape index (κ1) is 17.4. The van der Waals surface area contributed by atoms with Crippen LogP contribution in [-0.2, 0) is 15.8 Å². The molecule has 10 heteroatoms. The second-order valence-corrected chi connectivity index (χ2v) is 8.18. The van der Waals surface area contributed by atoms with Crippen LogP contribution in [-0.4, -0.2) is 50.3 Å². The number of aliphatic carboxylic acids is 1. The lowest BCUT2D eigenvalue weighted by molar-refractivity contribution is -0.148. The van der Waals surface area contributed by atoms with Crippen LogP contribution >= 0.6 is 23.5 Å². The zero-order valence-corrected chi connectivity index (χ0v) is 13.7. The van der Waals surface area contributed by atoms with Gasteiger partial charge in [0.05, 0.1) is 5.56 Å². The SMILES string of the molecule is N[C@@H]1C(=O)N2CC(Sc3ccc(C(F)(F)F)cc3)(C(=O)O)CS[C@H]12. The number of benzene rings is 1. The minimum Gasteiger partial charge on any atom is -0.480 e. The zero-order valence-electron chi connectivity index (χ0n) is 12.1. The number of nitrogens with zero attached hydrogens (tertiary/aromatic N) is 1. The number of carboxylic acid groups (broad SMARTS) is 1. The van der Waals surface area contributed by atoms with E-state index in [4.69, 9.17) is 5.73 Å². The monoisotopic (exact) mass is 378 g/mol. The summed E-state index contributed by atoms with van der Waals surface area (Å²) in [5, 5.41) is 9.41. The van der Waals surface area contributed by atoms with Gasteiger partial charge in [-0.2, -0.15) is 13.2 Å². The minimum atomic E-state index is -4.44. The maximum absolute atomic E-state index is 12.6. The smallest absolute Gasteiger partial charge is 0.416 e. The van der Waals surface area contributed by atoms with Gasteiger partial charge in [-0.3, -0.25) is 9.59 Å². The van der Waals surface area contributed by atoms with Crippen LogP contribution in [0.1, 0.15) is 5.56 Å². The number of nitrogens with two attached hydrogens (primary N) is 1. The fourth-order valence-electron chi connectivity index (χ4n) is 2.63. The Balaban J connectivity index is 1.80. The summed E-state index contributed by atoms with van der Waals surface area (Å²) < 4.78 is 36.5. The molecule has 2 heterocycles. The molecule has 1 unspecified atom stereocenters. The highest BCUT2D eigenvalue weighted by Gasteiger charge is 2.56. The number of carbonyl (C=O) groups is 2. The molecule has 24 heavy (non-hydrogen) atoms. The Morgan fingerprint density at radius 1 is 1.38 bits per heavy atom. The lowest BCUT2D eigenvalue weighted by atomic mass is 10.0. The molecule has 2 aliphatic rings. The van der Waals surface area contributed by atoms with E-state index in [1.54, 1.807) is 0 Å². The molecular formula is C14H13F3N2O3S2. The second kappa shape index (κ2) is 5.85. The van der Waals surface area contributed by atoms with Crippen molar-refractivity contribution >= 4 is 35.4 Å². The van der Waals surface area contributed by atoms with Crippen LogP contribution in [0.4, 0.5) is 13.2 Å². The van der Waals surface area contributed by atoms with Gasteiger partial charge in [0.1, 0.15) is 16.2 Å². The molecule has 3 rings (SSSR count). The Kier molecular flexibility index (Phi) is 4.25. The Morgan fingerprint density at radius 2 is 2.00 bits per heavy atom. The topological polar surface area (TPSA) is 83.6 Å². The number of alkyl halides is 3. The fraction of sp³-hybridized carbons (Fsp3) is 0.429. The van der Waals surface area contributed by atoms with Crippen molar-refractivity contribution in [3.8, 4) is 0 Å². The van der Waals surface area contributed by atoms with Gasteiger partial charge in [0.15, 0.2) is 0 Å². The van der Waals surface area contributed by atoms with Gasteiger partial charge in [-0.15, -0.1) is 23.5 Å². The predicted molar refractivity (Wildman–Crippen MR) is 83.6 cm³/mol. The summed E-state index contributed by atoms with van der Waals surface area (Å²) in [6.07, 6.45) is -4.44. The molecule has 0 spiro atoms. The molecule has 0 aromatic heterocycles. The lowest BCUT2D eigenvalue weighted by Gasteiger charge is -2.52. The van der Waals surface area contributed by atoms with E-state index >= 15 is 0 Å². The Bertz CT molecular complexity index is 683. The van der Waals surface area contributed by atoms with E-state index in [1.165, 1.54) is 28.8 Å². The molecule has 130 valence electrons. The van der Waals surface area contributed by atoms with Gasteiger partial charge in [0, 0.05) is 17.2 Å². The predicted octanol–water partition coefficient (Wildman–Crippen LogP) is 1.86. The van der Waals surface area contributed by atoms with E-state index in [-0.39, 0.29) is 23.6 Å². The van der Waals surface area contributed by atoms with E-state index in [9.17, 15) is 27.9 Å². The molecule has 0 saturated carbocycles. The average molecular weight is 378 g/mol. The van der Waals surface area contributed by atoms with Crippen molar-refractivity contribution in [1.29, 1.82) is 0 Å². The van der Waals surface area contributed by atoms with Crippen molar-refractivity contribution in [3.63, 3.8) is 0 Å². The third-order valence-electron chi connectivity index (χ3n) is 3.98. The van der Waals surface area contributed by atoms with Crippen LogP contribution in [0, 0.1) is 0 Å². The number of carbonyl (C=O) groups excluding carboxylic acids is 1. The molecule has 1 aromatic rings. The van der Waals surface area contributed by atoms with Gasteiger partial charge in [-0.25, -0.2) is 0 Å². The molecule has 0 aliphatic carbocycles. The van der Waals surface area contributed by atoms with Crippen molar-refractivity contribution in [2.24, 2.45) is 5.73 Å². The van der Waals surface area contributed by atoms with Crippen LogP contribution < -0.4 is 5.73 Å². The molecular weight excluding hydrogens is 365 g/mol. The van der Waals surface area contributed by atoms with Crippen molar-refractivity contribution in [2.45, 2.75) is 27.2 Å². The highest BCUT2D eigenvalue weighted by atomic mass is 32.2. The molecule has 2 saturated heterocycles. The number of β-lactam (4-membered cyclic amide) rings is 1. The number of fused-ring (bicyclic) bond motifs is 1. The normalized spacial score (nSPS) is 29.8. The first-order valence-corrected chi connectivity index (χ1v) is 8.78. The van der Waals surface area contributed by atoms with Crippen LogP contribution in [0.2, 0.25) is 0 Å². The van der Waals surface area contributed by atoms with Gasteiger partial charge >= 0.3 is 12.1 Å². The van der Waals surface area contributed by atoms with Crippen LogP contribution in [0.3, 0.4) is 0 Å². The molecule has 5 nitrogen and oxygen atoms in total. The molecule has 2 fully saturated rings. The van der Waals surface area contributed by atoms with Gasteiger partial charge < -0.3 is 15.7 Å². The number of rotatable bonds is 3. The number of hydrogen-bond acceptors (Lipinski definition) is 5. The number of halogens is 3. The Hall–Kier alpha value is -1.39. The highest BCUT2D eigenvalue weighted by molar-refractivity contribution is 8.05. The summed E-state index contributed by atoms with van der Waals surface area (Å²) >= 11 is 2.25. The maximum Gasteiger partial charge on any atom is 0.416 e. The van der Waals surface area contributed by atoms with Crippen LogP contribution in [0.25, 0.3) is 0 Å². The van der Waals surface area contributed by atoms with Gasteiger partial charge in [0.25, 0.3) is 0 Å². The molecule has 1 amide bonds. The quantitative estimate of drug-likeness (QED) is 0.782. The summed E-state index contributed by atoms with van der Waals surface area (Å²) in [5.41, 5.74) is 4.89. The van der Waals surface area contributed by atoms with Crippen molar-refractivity contribution in [1.82, 2.24) is 4.90 Å². The molecule has 0 radical (unpaired) electrons. The molecule has 1 aromatic carbocycles. The third-order valence-corrected chi connectivity index (χ3v) is 7.06. The molecule has 3 atom stereocenters.